The van der Waals surface area contributed by atoms with Crippen molar-refractivity contribution in [3.8, 4) is 11.5 Å². The molecule has 0 spiro atoms. The van der Waals surface area contributed by atoms with Gasteiger partial charge in [0.1, 0.15) is 0 Å². The van der Waals surface area contributed by atoms with Crippen LogP contribution < -0.4 is 10.1 Å². The van der Waals surface area contributed by atoms with Crippen LogP contribution in [-0.2, 0) is 6.54 Å². The van der Waals surface area contributed by atoms with Crippen LogP contribution in [0, 0.1) is 5.41 Å². The molecule has 0 unspecified atom stereocenters. The first kappa shape index (κ1) is 15.3. The maximum Gasteiger partial charge on any atom is 0.172 e. The summed E-state index contributed by atoms with van der Waals surface area (Å²) in [5.41, 5.74) is 1.44. The fraction of sp³-hybridized carbons (Fsp3) is 0.571. The Morgan fingerprint density at radius 1 is 1.33 bits per heavy atom. The number of nitrogens with one attached hydrogen (secondary N) is 1. The van der Waals surface area contributed by atoms with Gasteiger partial charge in [0.2, 0.25) is 0 Å². The van der Waals surface area contributed by atoms with Crippen molar-refractivity contribution >= 4 is 15.9 Å². The number of hydrogen-bond donors (Lipinski definition) is 2. The van der Waals surface area contributed by atoms with E-state index in [1.807, 2.05) is 12.1 Å². The Hall–Kier alpha value is -0.740. The van der Waals surface area contributed by atoms with E-state index in [-0.39, 0.29) is 5.75 Å². The van der Waals surface area contributed by atoms with E-state index in [2.05, 4.69) is 42.0 Å². The van der Waals surface area contributed by atoms with Gasteiger partial charge in [-0.25, -0.2) is 0 Å². The molecule has 102 valence electrons. The number of rotatable bonds is 5. The Balaban J connectivity index is 2.55. The largest absolute Gasteiger partial charge is 0.503 e. The first-order valence-electron chi connectivity index (χ1n) is 6.09. The van der Waals surface area contributed by atoms with Crippen molar-refractivity contribution in [2.45, 2.75) is 33.7 Å². The van der Waals surface area contributed by atoms with E-state index >= 15 is 0 Å². The number of phenols is 1. The molecule has 0 radical (unpaired) electrons. The van der Waals surface area contributed by atoms with Crippen molar-refractivity contribution in [1.82, 2.24) is 5.32 Å². The van der Waals surface area contributed by atoms with Crippen molar-refractivity contribution in [2.75, 3.05) is 13.7 Å². The molecule has 3 nitrogen and oxygen atoms in total. The van der Waals surface area contributed by atoms with Gasteiger partial charge in [0.25, 0.3) is 0 Å². The minimum atomic E-state index is 0.149. The smallest absolute Gasteiger partial charge is 0.172 e. The fourth-order valence-electron chi connectivity index (χ4n) is 1.58. The average Bonchev–Trinajstić information content (AvgIpc) is 2.27. The van der Waals surface area contributed by atoms with E-state index in [1.165, 1.54) is 0 Å². The Morgan fingerprint density at radius 2 is 2.00 bits per heavy atom. The average molecular weight is 316 g/mol. The van der Waals surface area contributed by atoms with E-state index in [0.717, 1.165) is 25.1 Å². The zero-order chi connectivity index (χ0) is 13.8. The molecule has 18 heavy (non-hydrogen) atoms. The highest BCUT2D eigenvalue weighted by Gasteiger charge is 2.10. The topological polar surface area (TPSA) is 41.5 Å². The van der Waals surface area contributed by atoms with Crippen LogP contribution in [0.3, 0.4) is 0 Å². The molecule has 0 saturated carbocycles. The molecule has 0 aliphatic carbocycles. The van der Waals surface area contributed by atoms with E-state index in [1.54, 1.807) is 7.11 Å². The molecule has 0 aliphatic rings. The van der Waals surface area contributed by atoms with Crippen LogP contribution >= 0.6 is 15.9 Å². The lowest BCUT2D eigenvalue weighted by molar-refractivity contribution is 0.364. The van der Waals surface area contributed by atoms with Crippen molar-refractivity contribution in [2.24, 2.45) is 5.41 Å². The number of phenolic OH excluding ortho intramolecular Hbond substituents is 1. The third kappa shape index (κ3) is 4.86. The summed E-state index contributed by atoms with van der Waals surface area (Å²) in [5.74, 6) is 0.646. The second-order valence-corrected chi connectivity index (χ2v) is 6.47. The predicted molar refractivity (Wildman–Crippen MR) is 78.1 cm³/mol. The van der Waals surface area contributed by atoms with E-state index in [9.17, 15) is 5.11 Å². The van der Waals surface area contributed by atoms with E-state index < -0.39 is 0 Å². The van der Waals surface area contributed by atoms with Gasteiger partial charge in [-0.3, -0.25) is 0 Å². The minimum Gasteiger partial charge on any atom is -0.503 e. The van der Waals surface area contributed by atoms with Gasteiger partial charge in [-0.15, -0.1) is 0 Å². The monoisotopic (exact) mass is 315 g/mol. The summed E-state index contributed by atoms with van der Waals surface area (Å²) >= 11 is 3.32. The van der Waals surface area contributed by atoms with Crippen LogP contribution in [0.5, 0.6) is 11.5 Å². The van der Waals surface area contributed by atoms with Crippen molar-refractivity contribution in [1.29, 1.82) is 0 Å². The molecule has 0 atom stereocenters. The first-order valence-corrected chi connectivity index (χ1v) is 6.89. The number of aromatic hydroxyl groups is 1. The lowest BCUT2D eigenvalue weighted by atomic mass is 9.92. The van der Waals surface area contributed by atoms with Gasteiger partial charge >= 0.3 is 0 Å². The highest BCUT2D eigenvalue weighted by molar-refractivity contribution is 9.10. The van der Waals surface area contributed by atoms with Gasteiger partial charge in [0.05, 0.1) is 11.6 Å². The third-order valence-corrected chi connectivity index (χ3v) is 3.29. The highest BCUT2D eigenvalue weighted by atomic mass is 79.9. The SMILES string of the molecule is COc1cc(CNCCC(C)(C)C)cc(Br)c1O. The minimum absolute atomic E-state index is 0.149. The quantitative estimate of drug-likeness (QED) is 0.814. The lowest BCUT2D eigenvalue weighted by Crippen LogP contribution is -2.20. The van der Waals surface area contributed by atoms with Crippen LogP contribution in [0.15, 0.2) is 16.6 Å². The molecule has 4 heteroatoms. The lowest BCUT2D eigenvalue weighted by Gasteiger charge is -2.18. The normalized spacial score (nSPS) is 11.6. The van der Waals surface area contributed by atoms with Crippen molar-refractivity contribution in [3.05, 3.63) is 22.2 Å². The Bertz CT molecular complexity index is 400. The molecule has 1 aromatic carbocycles. The molecule has 0 saturated heterocycles. The molecule has 0 aliphatic heterocycles. The second kappa shape index (κ2) is 6.43. The van der Waals surface area contributed by atoms with E-state index in [4.69, 9.17) is 4.74 Å². The number of halogens is 1. The summed E-state index contributed by atoms with van der Waals surface area (Å²) in [5, 5.41) is 13.1. The molecular formula is C14H22BrNO2. The van der Waals surface area contributed by atoms with Gasteiger partial charge in [-0.2, -0.15) is 0 Å². The zero-order valence-electron chi connectivity index (χ0n) is 11.5. The molecule has 0 heterocycles. The number of benzene rings is 1. The van der Waals surface area contributed by atoms with Crippen LogP contribution in [0.1, 0.15) is 32.8 Å². The molecular weight excluding hydrogens is 294 g/mol. The molecule has 2 N–H and O–H groups in total. The van der Waals surface area contributed by atoms with Crippen LogP contribution in [0.2, 0.25) is 0 Å². The third-order valence-electron chi connectivity index (χ3n) is 2.69. The maximum atomic E-state index is 9.71. The number of ether oxygens (including phenoxy) is 1. The van der Waals surface area contributed by atoms with Crippen LogP contribution in [0.4, 0.5) is 0 Å². The summed E-state index contributed by atoms with van der Waals surface area (Å²) in [6.45, 7) is 8.44. The first-order chi connectivity index (χ1) is 8.33. The summed E-state index contributed by atoms with van der Waals surface area (Å²) in [4.78, 5) is 0. The second-order valence-electron chi connectivity index (χ2n) is 5.62. The molecule has 0 fully saturated rings. The predicted octanol–water partition coefficient (Wildman–Crippen LogP) is 3.69. The maximum absolute atomic E-state index is 9.71. The summed E-state index contributed by atoms with van der Waals surface area (Å²) in [6.07, 6.45) is 1.13. The standard InChI is InChI=1S/C14H22BrNO2/c1-14(2,3)5-6-16-9-10-7-11(15)13(17)12(8-10)18-4/h7-8,16-17H,5-6,9H2,1-4H3. The fourth-order valence-corrected chi connectivity index (χ4v) is 2.07. The van der Waals surface area contributed by atoms with Gasteiger partial charge < -0.3 is 15.2 Å². The Labute approximate surface area is 118 Å². The van der Waals surface area contributed by atoms with Gasteiger partial charge in [0.15, 0.2) is 11.5 Å². The van der Waals surface area contributed by atoms with Crippen molar-refractivity contribution < 1.29 is 9.84 Å². The van der Waals surface area contributed by atoms with Gasteiger partial charge in [0, 0.05) is 6.54 Å². The Morgan fingerprint density at radius 3 is 2.56 bits per heavy atom. The summed E-state index contributed by atoms with van der Waals surface area (Å²) in [6, 6.07) is 3.76. The molecule has 0 aromatic heterocycles. The Kier molecular flexibility index (Phi) is 5.47. The summed E-state index contributed by atoms with van der Waals surface area (Å²) < 4.78 is 5.78. The van der Waals surface area contributed by atoms with Gasteiger partial charge in [-0.1, -0.05) is 20.8 Å². The van der Waals surface area contributed by atoms with Crippen molar-refractivity contribution in [3.63, 3.8) is 0 Å². The molecule has 1 aromatic rings. The zero-order valence-corrected chi connectivity index (χ0v) is 13.1. The molecule has 0 amide bonds. The van der Waals surface area contributed by atoms with Gasteiger partial charge in [-0.05, 0) is 52.0 Å². The summed E-state index contributed by atoms with van der Waals surface area (Å²) in [7, 11) is 1.55. The van der Waals surface area contributed by atoms with Crippen LogP contribution in [-0.4, -0.2) is 18.8 Å². The molecule has 0 bridgehead atoms. The molecule has 1 rings (SSSR count). The highest BCUT2D eigenvalue weighted by Crippen LogP contribution is 2.35. The van der Waals surface area contributed by atoms with Crippen LogP contribution in [0.25, 0.3) is 0 Å². The number of hydrogen-bond acceptors (Lipinski definition) is 3. The number of methoxy groups -OCH3 is 1. The van der Waals surface area contributed by atoms with E-state index in [0.29, 0.717) is 15.6 Å².